The van der Waals surface area contributed by atoms with E-state index in [9.17, 15) is 15.0 Å². The van der Waals surface area contributed by atoms with Gasteiger partial charge in [-0.3, -0.25) is 4.79 Å². The molecule has 0 saturated heterocycles. The predicted octanol–water partition coefficient (Wildman–Crippen LogP) is 2.34. The van der Waals surface area contributed by atoms with Crippen molar-refractivity contribution in [2.75, 3.05) is 0 Å². The third-order valence-electron chi connectivity index (χ3n) is 3.16. The second kappa shape index (κ2) is 5.61. The molecule has 0 unspecified atom stereocenters. The first-order valence-electron chi connectivity index (χ1n) is 6.56. The molecule has 0 radical (unpaired) electrons. The highest BCUT2D eigenvalue weighted by Crippen LogP contribution is 2.20. The second-order valence-electron chi connectivity index (χ2n) is 4.73. The number of aromatic nitrogens is 1. The van der Waals surface area contributed by atoms with Crippen molar-refractivity contribution in [2.45, 2.75) is 0 Å². The molecule has 4 N–H and O–H groups in total. The van der Waals surface area contributed by atoms with Crippen LogP contribution >= 0.6 is 0 Å². The van der Waals surface area contributed by atoms with Crippen LogP contribution in [0.1, 0.15) is 15.9 Å². The number of H-pyrrole nitrogens is 1. The Morgan fingerprint density at radius 1 is 1.14 bits per heavy atom. The summed E-state index contributed by atoms with van der Waals surface area (Å²) in [7, 11) is 0. The number of hydrogen-bond donors (Lipinski definition) is 4. The fourth-order valence-electron chi connectivity index (χ4n) is 2.15. The van der Waals surface area contributed by atoms with E-state index in [1.165, 1.54) is 18.3 Å². The number of hydrogen-bond acceptors (Lipinski definition) is 4. The molecule has 0 fully saturated rings. The topological polar surface area (TPSA) is 97.7 Å². The quantitative estimate of drug-likeness (QED) is 0.441. The van der Waals surface area contributed by atoms with Crippen LogP contribution in [0.4, 0.5) is 0 Å². The van der Waals surface area contributed by atoms with Crippen LogP contribution < -0.4 is 5.43 Å². The number of fused-ring (bicyclic) bond motifs is 1. The second-order valence-corrected chi connectivity index (χ2v) is 4.73. The molecule has 3 aromatic rings. The number of benzene rings is 2. The lowest BCUT2D eigenvalue weighted by Gasteiger charge is -2.01. The smallest absolute Gasteiger partial charge is 0.271 e. The number of phenols is 2. The van der Waals surface area contributed by atoms with Crippen molar-refractivity contribution >= 4 is 23.0 Å². The van der Waals surface area contributed by atoms with E-state index in [1.807, 2.05) is 24.3 Å². The monoisotopic (exact) mass is 295 g/mol. The molecule has 0 aliphatic rings. The third-order valence-corrected chi connectivity index (χ3v) is 3.16. The van der Waals surface area contributed by atoms with Gasteiger partial charge < -0.3 is 15.2 Å². The molecule has 0 spiro atoms. The normalized spacial score (nSPS) is 11.1. The van der Waals surface area contributed by atoms with E-state index in [2.05, 4.69) is 15.5 Å². The summed E-state index contributed by atoms with van der Waals surface area (Å²) >= 11 is 0. The number of amides is 1. The zero-order valence-corrected chi connectivity index (χ0v) is 11.4. The van der Waals surface area contributed by atoms with Gasteiger partial charge in [0.15, 0.2) is 0 Å². The highest BCUT2D eigenvalue weighted by molar-refractivity contribution is 6.00. The maximum Gasteiger partial charge on any atom is 0.271 e. The van der Waals surface area contributed by atoms with E-state index in [1.54, 1.807) is 6.20 Å². The molecule has 0 atom stereocenters. The van der Waals surface area contributed by atoms with Crippen LogP contribution in [0.15, 0.2) is 53.8 Å². The molecule has 0 aliphatic heterocycles. The summed E-state index contributed by atoms with van der Waals surface area (Å²) in [6.07, 6.45) is 3.32. The summed E-state index contributed by atoms with van der Waals surface area (Å²) in [6.45, 7) is 0. The number of phenolic OH excluding ortho intramolecular Hbond substituents is 2. The molecule has 0 bridgehead atoms. The van der Waals surface area contributed by atoms with Crippen LogP contribution in [0, 0.1) is 0 Å². The Hall–Kier alpha value is -3.28. The molecule has 6 nitrogen and oxygen atoms in total. The van der Waals surface area contributed by atoms with Crippen molar-refractivity contribution in [1.82, 2.24) is 10.4 Å². The lowest BCUT2D eigenvalue weighted by Crippen LogP contribution is -2.17. The number of aromatic amines is 1. The summed E-state index contributed by atoms with van der Waals surface area (Å²) < 4.78 is 0. The molecule has 2 aromatic carbocycles. The number of carbonyl (C=O) groups excluding carboxylic acids is 1. The highest BCUT2D eigenvalue weighted by atomic mass is 16.3. The Bertz CT molecular complexity index is 848. The van der Waals surface area contributed by atoms with Gasteiger partial charge in [-0.1, -0.05) is 18.2 Å². The fraction of sp³-hybridized carbons (Fsp3) is 0. The Morgan fingerprint density at radius 3 is 2.64 bits per heavy atom. The van der Waals surface area contributed by atoms with Gasteiger partial charge >= 0.3 is 0 Å². The van der Waals surface area contributed by atoms with E-state index in [0.29, 0.717) is 0 Å². The minimum Gasteiger partial charge on any atom is -0.508 e. The average Bonchev–Trinajstić information content (AvgIpc) is 2.90. The van der Waals surface area contributed by atoms with Gasteiger partial charge in [-0.15, -0.1) is 0 Å². The fourth-order valence-corrected chi connectivity index (χ4v) is 2.15. The van der Waals surface area contributed by atoms with Gasteiger partial charge in [0, 0.05) is 34.3 Å². The average molecular weight is 295 g/mol. The Kier molecular flexibility index (Phi) is 3.49. The Balaban J connectivity index is 1.75. The molecule has 3 rings (SSSR count). The number of para-hydroxylation sites is 1. The van der Waals surface area contributed by atoms with Crippen molar-refractivity contribution in [2.24, 2.45) is 5.10 Å². The first-order chi connectivity index (χ1) is 10.6. The molecule has 110 valence electrons. The van der Waals surface area contributed by atoms with Crippen molar-refractivity contribution in [3.63, 3.8) is 0 Å². The van der Waals surface area contributed by atoms with Crippen molar-refractivity contribution in [3.8, 4) is 11.5 Å². The van der Waals surface area contributed by atoms with Crippen LogP contribution in [0.2, 0.25) is 0 Å². The number of nitrogens with zero attached hydrogens (tertiary/aromatic N) is 1. The van der Waals surface area contributed by atoms with Crippen LogP contribution in [0.25, 0.3) is 10.9 Å². The van der Waals surface area contributed by atoms with Gasteiger partial charge in [-0.05, 0) is 18.2 Å². The molecule has 6 heteroatoms. The molecular weight excluding hydrogens is 282 g/mol. The summed E-state index contributed by atoms with van der Waals surface area (Å²) in [5, 5.41) is 23.6. The number of hydrazone groups is 1. The first kappa shape index (κ1) is 13.7. The van der Waals surface area contributed by atoms with Crippen LogP contribution in [-0.2, 0) is 0 Å². The summed E-state index contributed by atoms with van der Waals surface area (Å²) in [5.41, 5.74) is 4.29. The lowest BCUT2D eigenvalue weighted by molar-refractivity contribution is 0.0954. The maximum absolute atomic E-state index is 11.9. The largest absolute Gasteiger partial charge is 0.508 e. The summed E-state index contributed by atoms with van der Waals surface area (Å²) in [4.78, 5) is 15.0. The predicted molar refractivity (Wildman–Crippen MR) is 83.1 cm³/mol. The van der Waals surface area contributed by atoms with Crippen LogP contribution in [-0.4, -0.2) is 27.3 Å². The SMILES string of the molecule is O=C(N/N=C\c1c[nH]c2ccccc12)c1cc(O)cc(O)c1. The lowest BCUT2D eigenvalue weighted by atomic mass is 10.2. The van der Waals surface area contributed by atoms with Gasteiger partial charge in [-0.25, -0.2) is 5.43 Å². The number of nitrogens with one attached hydrogen (secondary N) is 2. The van der Waals surface area contributed by atoms with E-state index < -0.39 is 5.91 Å². The molecule has 1 aromatic heterocycles. The molecule has 1 amide bonds. The molecule has 1 heterocycles. The van der Waals surface area contributed by atoms with Crippen molar-refractivity contribution < 1.29 is 15.0 Å². The Morgan fingerprint density at radius 2 is 1.86 bits per heavy atom. The summed E-state index contributed by atoms with van der Waals surface area (Å²) in [6, 6.07) is 11.4. The molecule has 0 saturated carbocycles. The highest BCUT2D eigenvalue weighted by Gasteiger charge is 2.07. The number of rotatable bonds is 3. The van der Waals surface area contributed by atoms with Crippen molar-refractivity contribution in [3.05, 3.63) is 59.8 Å². The molecule has 0 aliphatic carbocycles. The van der Waals surface area contributed by atoms with E-state index in [4.69, 9.17) is 0 Å². The zero-order valence-electron chi connectivity index (χ0n) is 11.4. The zero-order chi connectivity index (χ0) is 15.5. The molecule has 22 heavy (non-hydrogen) atoms. The first-order valence-corrected chi connectivity index (χ1v) is 6.56. The molecular formula is C16H13N3O3. The van der Waals surface area contributed by atoms with Gasteiger partial charge in [0.1, 0.15) is 11.5 Å². The van der Waals surface area contributed by atoms with Gasteiger partial charge in [-0.2, -0.15) is 5.10 Å². The van der Waals surface area contributed by atoms with E-state index in [0.717, 1.165) is 22.5 Å². The van der Waals surface area contributed by atoms with Crippen LogP contribution in [0.3, 0.4) is 0 Å². The number of aromatic hydroxyl groups is 2. The minimum absolute atomic E-state index is 0.119. The van der Waals surface area contributed by atoms with E-state index in [-0.39, 0.29) is 17.1 Å². The minimum atomic E-state index is -0.526. The number of carbonyl (C=O) groups is 1. The summed E-state index contributed by atoms with van der Waals surface area (Å²) in [5.74, 6) is -0.904. The van der Waals surface area contributed by atoms with Gasteiger partial charge in [0.25, 0.3) is 5.91 Å². The van der Waals surface area contributed by atoms with Gasteiger partial charge in [0.05, 0.1) is 6.21 Å². The van der Waals surface area contributed by atoms with Crippen LogP contribution in [0.5, 0.6) is 11.5 Å². The Labute approximate surface area is 125 Å². The van der Waals surface area contributed by atoms with Crippen molar-refractivity contribution in [1.29, 1.82) is 0 Å². The van der Waals surface area contributed by atoms with E-state index >= 15 is 0 Å². The maximum atomic E-state index is 11.9. The van der Waals surface area contributed by atoms with Gasteiger partial charge in [0.2, 0.25) is 0 Å². The third kappa shape index (κ3) is 2.76. The standard InChI is InChI=1S/C16H13N3O3/c20-12-5-10(6-13(21)7-12)16(22)19-18-9-11-8-17-15-4-2-1-3-14(11)15/h1-9,17,20-21H,(H,19,22)/b18-9-.